The number of rotatable bonds is 2. The fourth-order valence-electron chi connectivity index (χ4n) is 1.90. The predicted molar refractivity (Wildman–Crippen MR) is 48.0 cm³/mol. The topological polar surface area (TPSA) is 26.3 Å². The molecule has 0 saturated heterocycles. The van der Waals surface area contributed by atoms with Crippen molar-refractivity contribution in [1.82, 2.24) is 0 Å². The predicted octanol–water partition coefficient (Wildman–Crippen LogP) is 2.03. The number of ether oxygens (including phenoxy) is 1. The van der Waals surface area contributed by atoms with Crippen molar-refractivity contribution in [3.63, 3.8) is 0 Å². The third-order valence-electron chi connectivity index (χ3n) is 2.43. The van der Waals surface area contributed by atoms with Crippen LogP contribution in [-0.4, -0.2) is 18.5 Å². The number of carbonyl (C=O) groups excluding carboxylic acids is 1. The van der Waals surface area contributed by atoms with Gasteiger partial charge in [0.15, 0.2) is 0 Å². The highest BCUT2D eigenvalue weighted by molar-refractivity contribution is 5.88. The Morgan fingerprint density at radius 2 is 2.08 bits per heavy atom. The molecule has 1 fully saturated rings. The zero-order valence-electron chi connectivity index (χ0n) is 8.39. The molecule has 0 aromatic heterocycles. The molecule has 0 unspecified atom stereocenters. The molecule has 0 aliphatic heterocycles. The van der Waals surface area contributed by atoms with Gasteiger partial charge >= 0.3 is 0 Å². The molecule has 1 aliphatic rings. The van der Waals surface area contributed by atoms with E-state index >= 15 is 0 Å². The van der Waals surface area contributed by atoms with Gasteiger partial charge in [0.2, 0.25) is 0 Å². The molecule has 0 radical (unpaired) electrons. The second-order valence-corrected chi connectivity index (χ2v) is 4.51. The Hall–Kier alpha value is -0.370. The Morgan fingerprint density at radius 1 is 1.50 bits per heavy atom. The van der Waals surface area contributed by atoms with Crippen LogP contribution in [0.4, 0.5) is 0 Å². The van der Waals surface area contributed by atoms with Crippen LogP contribution in [0.15, 0.2) is 0 Å². The molecule has 0 spiro atoms. The zero-order valence-corrected chi connectivity index (χ0v) is 8.39. The van der Waals surface area contributed by atoms with Crippen molar-refractivity contribution in [2.75, 3.05) is 6.61 Å². The summed E-state index contributed by atoms with van der Waals surface area (Å²) in [4.78, 5) is 11.3. The van der Waals surface area contributed by atoms with E-state index < -0.39 is 0 Å². The molecular formula is C10H18O2. The van der Waals surface area contributed by atoms with Gasteiger partial charge in [-0.15, -0.1) is 0 Å². The number of carbonyl (C=O) groups is 1. The summed E-state index contributed by atoms with van der Waals surface area (Å²) in [7, 11) is 0. The highest BCUT2D eigenvalue weighted by Gasteiger charge is 2.47. The maximum absolute atomic E-state index is 11.3. The third-order valence-corrected chi connectivity index (χ3v) is 2.43. The summed E-state index contributed by atoms with van der Waals surface area (Å²) in [5.41, 5.74) is 0.0647. The van der Waals surface area contributed by atoms with Gasteiger partial charge in [-0.1, -0.05) is 20.8 Å². The third kappa shape index (κ3) is 1.69. The van der Waals surface area contributed by atoms with E-state index in [1.54, 1.807) is 0 Å². The lowest BCUT2D eigenvalue weighted by atomic mass is 9.65. The Bertz CT molecular complexity index is 179. The molecule has 1 aliphatic carbocycles. The molecule has 0 bridgehead atoms. The molecule has 1 saturated carbocycles. The van der Waals surface area contributed by atoms with Gasteiger partial charge in [-0.05, 0) is 12.3 Å². The van der Waals surface area contributed by atoms with Crippen molar-refractivity contribution in [3.05, 3.63) is 0 Å². The molecule has 12 heavy (non-hydrogen) atoms. The van der Waals surface area contributed by atoms with E-state index in [0.29, 0.717) is 18.8 Å². The van der Waals surface area contributed by atoms with Crippen molar-refractivity contribution in [2.45, 2.75) is 40.2 Å². The lowest BCUT2D eigenvalue weighted by Gasteiger charge is -2.42. The van der Waals surface area contributed by atoms with E-state index in [-0.39, 0.29) is 17.4 Å². The first-order valence-electron chi connectivity index (χ1n) is 4.61. The molecule has 0 aromatic carbocycles. The molecule has 0 N–H and O–H groups in total. The molecule has 0 aromatic rings. The van der Waals surface area contributed by atoms with Crippen molar-refractivity contribution < 1.29 is 9.53 Å². The van der Waals surface area contributed by atoms with Crippen LogP contribution in [0.5, 0.6) is 0 Å². The van der Waals surface area contributed by atoms with Crippen molar-refractivity contribution in [1.29, 1.82) is 0 Å². The molecular weight excluding hydrogens is 152 g/mol. The van der Waals surface area contributed by atoms with Gasteiger partial charge < -0.3 is 4.74 Å². The second kappa shape index (κ2) is 3.17. The summed E-state index contributed by atoms with van der Waals surface area (Å²) in [6.07, 6.45) is 0.804. The van der Waals surface area contributed by atoms with Crippen LogP contribution in [0, 0.1) is 11.3 Å². The van der Waals surface area contributed by atoms with E-state index in [1.165, 1.54) is 0 Å². The minimum absolute atomic E-state index is 0.0647. The van der Waals surface area contributed by atoms with Crippen LogP contribution in [0.1, 0.15) is 34.1 Å². The molecule has 70 valence electrons. The van der Waals surface area contributed by atoms with Crippen LogP contribution < -0.4 is 0 Å². The highest BCUT2D eigenvalue weighted by atomic mass is 16.5. The average molecular weight is 170 g/mol. The summed E-state index contributed by atoms with van der Waals surface area (Å²) < 4.78 is 5.47. The van der Waals surface area contributed by atoms with Gasteiger partial charge in [0, 0.05) is 18.9 Å². The first-order chi connectivity index (χ1) is 5.46. The molecule has 0 heterocycles. The molecule has 2 heteroatoms. The Labute approximate surface area is 74.3 Å². The largest absolute Gasteiger partial charge is 0.377 e. The Balaban J connectivity index is 2.56. The maximum Gasteiger partial charge on any atom is 0.141 e. The van der Waals surface area contributed by atoms with Crippen LogP contribution in [-0.2, 0) is 9.53 Å². The van der Waals surface area contributed by atoms with Crippen LogP contribution >= 0.6 is 0 Å². The van der Waals surface area contributed by atoms with Gasteiger partial charge in [-0.25, -0.2) is 0 Å². The average Bonchev–Trinajstić information content (AvgIpc) is 1.82. The van der Waals surface area contributed by atoms with Crippen LogP contribution in [0.3, 0.4) is 0 Å². The monoisotopic (exact) mass is 170 g/mol. The van der Waals surface area contributed by atoms with Gasteiger partial charge in [0.1, 0.15) is 5.78 Å². The minimum Gasteiger partial charge on any atom is -0.377 e. The SMILES string of the molecule is CCO[C@@H]1CC(=O)[C@H]1C(C)(C)C. The van der Waals surface area contributed by atoms with Crippen LogP contribution in [0.2, 0.25) is 0 Å². The molecule has 2 atom stereocenters. The number of Topliss-reactive ketones (excluding diaryl/α,β-unsaturated/α-hetero) is 1. The van der Waals surface area contributed by atoms with E-state index in [4.69, 9.17) is 4.74 Å². The van der Waals surface area contributed by atoms with Crippen LogP contribution in [0.25, 0.3) is 0 Å². The molecule has 2 nitrogen and oxygen atoms in total. The standard InChI is InChI=1S/C10H18O2/c1-5-12-8-6-7(11)9(8)10(2,3)4/h8-9H,5-6H2,1-4H3/t8-,9-/m1/s1. The molecule has 1 rings (SSSR count). The normalized spacial score (nSPS) is 30.2. The van der Waals surface area contributed by atoms with Gasteiger partial charge in [-0.3, -0.25) is 4.79 Å². The highest BCUT2D eigenvalue weighted by Crippen LogP contribution is 2.40. The minimum atomic E-state index is 0.0647. The van der Waals surface area contributed by atoms with Crippen molar-refractivity contribution in [3.8, 4) is 0 Å². The first-order valence-corrected chi connectivity index (χ1v) is 4.61. The van der Waals surface area contributed by atoms with E-state index in [0.717, 1.165) is 0 Å². The summed E-state index contributed by atoms with van der Waals surface area (Å²) in [6.45, 7) is 8.98. The summed E-state index contributed by atoms with van der Waals surface area (Å²) >= 11 is 0. The first kappa shape index (κ1) is 9.72. The number of hydrogen-bond donors (Lipinski definition) is 0. The smallest absolute Gasteiger partial charge is 0.141 e. The number of hydrogen-bond acceptors (Lipinski definition) is 2. The fraction of sp³-hybridized carbons (Fsp3) is 0.900. The fourth-order valence-corrected chi connectivity index (χ4v) is 1.90. The van der Waals surface area contributed by atoms with Gasteiger partial charge in [0.05, 0.1) is 6.10 Å². The van der Waals surface area contributed by atoms with E-state index in [9.17, 15) is 4.79 Å². The lowest BCUT2D eigenvalue weighted by molar-refractivity contribution is -0.153. The summed E-state index contributed by atoms with van der Waals surface area (Å²) in [5.74, 6) is 0.485. The lowest BCUT2D eigenvalue weighted by Crippen LogP contribution is -2.50. The Morgan fingerprint density at radius 3 is 2.42 bits per heavy atom. The van der Waals surface area contributed by atoms with Gasteiger partial charge in [0.25, 0.3) is 0 Å². The summed E-state index contributed by atoms with van der Waals surface area (Å²) in [6, 6.07) is 0. The van der Waals surface area contributed by atoms with E-state index in [2.05, 4.69) is 20.8 Å². The summed E-state index contributed by atoms with van der Waals surface area (Å²) in [5, 5.41) is 0. The zero-order chi connectivity index (χ0) is 9.35. The quantitative estimate of drug-likeness (QED) is 0.633. The Kier molecular flexibility index (Phi) is 2.57. The van der Waals surface area contributed by atoms with Gasteiger partial charge in [-0.2, -0.15) is 0 Å². The number of ketones is 1. The van der Waals surface area contributed by atoms with E-state index in [1.807, 2.05) is 6.92 Å². The molecule has 0 amide bonds. The van der Waals surface area contributed by atoms with Crippen molar-refractivity contribution in [2.24, 2.45) is 11.3 Å². The maximum atomic E-state index is 11.3. The van der Waals surface area contributed by atoms with Crippen molar-refractivity contribution >= 4 is 5.78 Å². The second-order valence-electron chi connectivity index (χ2n) is 4.51.